The molecular formula is C26H35NO3. The van der Waals surface area contributed by atoms with E-state index in [4.69, 9.17) is 14.2 Å². The highest BCUT2D eigenvalue weighted by molar-refractivity contribution is 5.43. The lowest BCUT2D eigenvalue weighted by molar-refractivity contribution is 0.136. The molecule has 0 radical (unpaired) electrons. The van der Waals surface area contributed by atoms with Crippen molar-refractivity contribution in [2.75, 3.05) is 20.3 Å². The van der Waals surface area contributed by atoms with E-state index < -0.39 is 0 Å². The van der Waals surface area contributed by atoms with Crippen LogP contribution in [0.4, 0.5) is 0 Å². The van der Waals surface area contributed by atoms with Crippen LogP contribution in [0.25, 0.3) is 0 Å². The quantitative estimate of drug-likeness (QED) is 0.595. The van der Waals surface area contributed by atoms with E-state index in [0.717, 1.165) is 56.8 Å². The summed E-state index contributed by atoms with van der Waals surface area (Å²) in [5.74, 6) is 1.99. The average Bonchev–Trinajstić information content (AvgIpc) is 2.78. The third-order valence-corrected chi connectivity index (χ3v) is 6.45. The van der Waals surface area contributed by atoms with Crippen molar-refractivity contribution in [1.82, 2.24) is 5.32 Å². The fourth-order valence-corrected chi connectivity index (χ4v) is 4.71. The lowest BCUT2D eigenvalue weighted by Gasteiger charge is -2.31. The molecule has 1 heterocycles. The number of aryl methyl sites for hydroxylation is 2. The van der Waals surface area contributed by atoms with Gasteiger partial charge in [0.2, 0.25) is 0 Å². The Balaban J connectivity index is 1.28. The topological polar surface area (TPSA) is 39.7 Å². The van der Waals surface area contributed by atoms with E-state index in [9.17, 15) is 0 Å². The number of hydrogen-bond acceptors (Lipinski definition) is 4. The van der Waals surface area contributed by atoms with E-state index in [1.54, 1.807) is 7.11 Å². The van der Waals surface area contributed by atoms with E-state index in [2.05, 4.69) is 54.7 Å². The average molecular weight is 410 g/mol. The normalized spacial score (nSPS) is 23.5. The summed E-state index contributed by atoms with van der Waals surface area (Å²) in [5, 5.41) is 3.65. The van der Waals surface area contributed by atoms with Crippen LogP contribution in [0, 0.1) is 6.92 Å². The van der Waals surface area contributed by atoms with Gasteiger partial charge in [0.15, 0.2) is 0 Å². The van der Waals surface area contributed by atoms with Gasteiger partial charge >= 0.3 is 0 Å². The molecule has 1 aliphatic carbocycles. The number of hydrogen-bond donors (Lipinski definition) is 1. The summed E-state index contributed by atoms with van der Waals surface area (Å²) in [6.07, 6.45) is 8.20. The molecule has 1 aliphatic heterocycles. The number of fused-ring (bicyclic) bond motifs is 1. The van der Waals surface area contributed by atoms with E-state index in [0.29, 0.717) is 12.1 Å². The minimum atomic E-state index is 0.150. The van der Waals surface area contributed by atoms with Crippen LogP contribution < -0.4 is 14.8 Å². The second-order valence-corrected chi connectivity index (χ2v) is 8.66. The Kier molecular flexibility index (Phi) is 7.29. The molecule has 2 aromatic rings. The number of nitrogens with one attached hydrogen (secondary N) is 1. The van der Waals surface area contributed by atoms with E-state index in [-0.39, 0.29) is 6.10 Å². The van der Waals surface area contributed by atoms with Gasteiger partial charge in [-0.05, 0) is 93.3 Å². The molecule has 0 amide bonds. The van der Waals surface area contributed by atoms with Crippen LogP contribution >= 0.6 is 0 Å². The summed E-state index contributed by atoms with van der Waals surface area (Å²) < 4.78 is 17.8. The van der Waals surface area contributed by atoms with Crippen molar-refractivity contribution >= 4 is 0 Å². The van der Waals surface area contributed by atoms with E-state index in [1.165, 1.54) is 29.5 Å². The molecule has 0 spiro atoms. The maximum Gasteiger partial charge on any atom is 0.124 e. The number of methoxy groups -OCH3 is 1. The Morgan fingerprint density at radius 3 is 2.67 bits per heavy atom. The van der Waals surface area contributed by atoms with Gasteiger partial charge in [-0.3, -0.25) is 0 Å². The van der Waals surface area contributed by atoms with Crippen molar-refractivity contribution in [2.24, 2.45) is 0 Å². The Morgan fingerprint density at radius 2 is 1.87 bits per heavy atom. The maximum absolute atomic E-state index is 6.34. The monoisotopic (exact) mass is 409 g/mol. The Bertz CT molecular complexity index is 814. The molecule has 2 aromatic carbocycles. The summed E-state index contributed by atoms with van der Waals surface area (Å²) in [4.78, 5) is 0. The summed E-state index contributed by atoms with van der Waals surface area (Å²) in [6, 6.07) is 15.5. The first kappa shape index (κ1) is 21.2. The van der Waals surface area contributed by atoms with Crippen molar-refractivity contribution in [3.8, 4) is 11.5 Å². The summed E-state index contributed by atoms with van der Waals surface area (Å²) in [6.45, 7) is 4.03. The minimum Gasteiger partial charge on any atom is -0.490 e. The van der Waals surface area contributed by atoms with Gasteiger partial charge in [-0.1, -0.05) is 24.3 Å². The Labute approximate surface area is 180 Å². The summed E-state index contributed by atoms with van der Waals surface area (Å²) in [5.41, 5.74) is 3.87. The third-order valence-electron chi connectivity index (χ3n) is 6.45. The zero-order chi connectivity index (χ0) is 20.8. The molecule has 4 nitrogen and oxygen atoms in total. The summed E-state index contributed by atoms with van der Waals surface area (Å²) >= 11 is 0. The first-order valence-electron chi connectivity index (χ1n) is 11.5. The van der Waals surface area contributed by atoms with Crippen molar-refractivity contribution in [2.45, 2.75) is 70.1 Å². The molecular weight excluding hydrogens is 374 g/mol. The molecule has 4 heteroatoms. The van der Waals surface area contributed by atoms with Crippen LogP contribution in [0.3, 0.4) is 0 Å². The standard InChI is InChI=1S/C26H35NO3/c1-19-6-3-4-7-24(19)26-14-8-20-18-23(13-15-25(20)30-26)29-22-11-9-21(10-12-22)27-16-5-17-28-2/h3-4,6-7,13,15,18,21-22,26-27H,5,8-12,14,16-17H2,1-2H3. The highest BCUT2D eigenvalue weighted by Crippen LogP contribution is 2.38. The highest BCUT2D eigenvalue weighted by atomic mass is 16.5. The van der Waals surface area contributed by atoms with Gasteiger partial charge in [0.05, 0.1) is 6.10 Å². The second kappa shape index (κ2) is 10.3. The number of rotatable bonds is 8. The third kappa shape index (κ3) is 5.35. The van der Waals surface area contributed by atoms with Crippen molar-refractivity contribution in [3.05, 3.63) is 59.2 Å². The van der Waals surface area contributed by atoms with Crippen molar-refractivity contribution < 1.29 is 14.2 Å². The van der Waals surface area contributed by atoms with Gasteiger partial charge in [-0.25, -0.2) is 0 Å². The molecule has 1 N–H and O–H groups in total. The molecule has 2 aliphatic rings. The zero-order valence-electron chi connectivity index (χ0n) is 18.4. The SMILES string of the molecule is COCCCNC1CCC(Oc2ccc3c(c2)CCC(c2ccccc2C)O3)CC1. The van der Waals surface area contributed by atoms with Crippen LogP contribution in [0.2, 0.25) is 0 Å². The minimum absolute atomic E-state index is 0.150. The van der Waals surface area contributed by atoms with Crippen LogP contribution in [0.5, 0.6) is 11.5 Å². The predicted octanol–water partition coefficient (Wildman–Crippen LogP) is 5.38. The molecule has 0 aromatic heterocycles. The Hall–Kier alpha value is -2.04. The first-order valence-corrected chi connectivity index (χ1v) is 11.5. The smallest absolute Gasteiger partial charge is 0.124 e. The van der Waals surface area contributed by atoms with E-state index in [1.807, 2.05) is 0 Å². The molecule has 0 bridgehead atoms. The zero-order valence-corrected chi connectivity index (χ0v) is 18.4. The van der Waals surface area contributed by atoms with Crippen LogP contribution in [-0.2, 0) is 11.2 Å². The summed E-state index contributed by atoms with van der Waals surface area (Å²) in [7, 11) is 1.76. The fraction of sp³-hybridized carbons (Fsp3) is 0.538. The molecule has 1 fully saturated rings. The lowest BCUT2D eigenvalue weighted by atomic mass is 9.92. The molecule has 1 unspecified atom stereocenters. The van der Waals surface area contributed by atoms with Gasteiger partial charge in [-0.15, -0.1) is 0 Å². The maximum atomic E-state index is 6.34. The van der Waals surface area contributed by atoms with Crippen molar-refractivity contribution in [1.29, 1.82) is 0 Å². The van der Waals surface area contributed by atoms with Crippen LogP contribution in [-0.4, -0.2) is 32.4 Å². The molecule has 1 atom stereocenters. The highest BCUT2D eigenvalue weighted by Gasteiger charge is 2.25. The van der Waals surface area contributed by atoms with Gasteiger partial charge in [0.25, 0.3) is 0 Å². The lowest BCUT2D eigenvalue weighted by Crippen LogP contribution is -2.37. The molecule has 1 saturated carbocycles. The molecule has 4 rings (SSSR count). The van der Waals surface area contributed by atoms with Gasteiger partial charge < -0.3 is 19.5 Å². The molecule has 0 saturated heterocycles. The van der Waals surface area contributed by atoms with Gasteiger partial charge in [0.1, 0.15) is 17.6 Å². The fourth-order valence-electron chi connectivity index (χ4n) is 4.71. The van der Waals surface area contributed by atoms with Gasteiger partial charge in [0, 0.05) is 19.8 Å². The molecule has 30 heavy (non-hydrogen) atoms. The second-order valence-electron chi connectivity index (χ2n) is 8.66. The predicted molar refractivity (Wildman–Crippen MR) is 120 cm³/mol. The number of ether oxygens (including phenoxy) is 3. The van der Waals surface area contributed by atoms with Crippen molar-refractivity contribution in [3.63, 3.8) is 0 Å². The van der Waals surface area contributed by atoms with E-state index >= 15 is 0 Å². The van der Waals surface area contributed by atoms with Crippen LogP contribution in [0.1, 0.15) is 61.3 Å². The number of benzene rings is 2. The Morgan fingerprint density at radius 1 is 1.03 bits per heavy atom. The van der Waals surface area contributed by atoms with Crippen LogP contribution in [0.15, 0.2) is 42.5 Å². The molecule has 162 valence electrons. The largest absolute Gasteiger partial charge is 0.490 e. The first-order chi connectivity index (χ1) is 14.7. The van der Waals surface area contributed by atoms with Gasteiger partial charge in [-0.2, -0.15) is 0 Å².